The lowest BCUT2D eigenvalue weighted by Crippen LogP contribution is -2.40. The van der Waals surface area contributed by atoms with Gasteiger partial charge in [-0.05, 0) is 45.4 Å². The van der Waals surface area contributed by atoms with E-state index in [0.29, 0.717) is 27.2 Å². The number of amidine groups is 1. The molecule has 1 atom stereocenters. The summed E-state index contributed by atoms with van der Waals surface area (Å²) in [6.45, 7) is 7.21. The van der Waals surface area contributed by atoms with E-state index in [4.69, 9.17) is 16.3 Å². The summed E-state index contributed by atoms with van der Waals surface area (Å²) in [4.78, 5) is 31.3. The topological polar surface area (TPSA) is 59.0 Å². The van der Waals surface area contributed by atoms with E-state index >= 15 is 0 Å². The first-order chi connectivity index (χ1) is 11.7. The van der Waals surface area contributed by atoms with Gasteiger partial charge in [-0.2, -0.15) is 0 Å². The predicted molar refractivity (Wildman–Crippen MR) is 99.5 cm³/mol. The summed E-state index contributed by atoms with van der Waals surface area (Å²) in [5.74, 6) is -0.215. The van der Waals surface area contributed by atoms with Crippen molar-refractivity contribution >= 4 is 40.4 Å². The van der Waals surface area contributed by atoms with Crippen LogP contribution in [0.4, 0.5) is 0 Å². The minimum Gasteiger partial charge on any atom is -0.456 e. The number of fused-ring (bicyclic) bond motifs is 1. The summed E-state index contributed by atoms with van der Waals surface area (Å²) in [6, 6.07) is 6.59. The number of esters is 1. The molecule has 7 heteroatoms. The molecule has 0 aromatic heterocycles. The van der Waals surface area contributed by atoms with E-state index in [2.05, 4.69) is 4.99 Å². The highest BCUT2D eigenvalue weighted by atomic mass is 35.5. The van der Waals surface area contributed by atoms with E-state index in [1.54, 1.807) is 24.0 Å². The van der Waals surface area contributed by atoms with Gasteiger partial charge in [0.25, 0.3) is 0 Å². The van der Waals surface area contributed by atoms with Crippen LogP contribution in [0.2, 0.25) is 5.02 Å². The van der Waals surface area contributed by atoms with Crippen molar-refractivity contribution < 1.29 is 14.3 Å². The quantitative estimate of drug-likeness (QED) is 0.731. The number of nitrogens with zero attached hydrogens (tertiary/aromatic N) is 2. The van der Waals surface area contributed by atoms with Crippen LogP contribution in [-0.4, -0.2) is 33.3 Å². The maximum atomic E-state index is 12.8. The number of hydrogen-bond acceptors (Lipinski definition) is 5. The van der Waals surface area contributed by atoms with Gasteiger partial charge in [0.2, 0.25) is 5.91 Å². The largest absolute Gasteiger partial charge is 0.456 e. The Labute approximate surface area is 156 Å². The van der Waals surface area contributed by atoms with Crippen LogP contribution in [0.25, 0.3) is 0 Å². The number of carbonyl (C=O) groups excluding carboxylic acids is 2. The monoisotopic (exact) mass is 378 g/mol. The molecule has 3 rings (SSSR count). The van der Waals surface area contributed by atoms with Crippen molar-refractivity contribution in [2.75, 3.05) is 5.75 Å². The first-order valence-electron chi connectivity index (χ1n) is 7.90. The van der Waals surface area contributed by atoms with Crippen molar-refractivity contribution in [2.45, 2.75) is 39.3 Å². The number of amides is 1. The molecule has 0 aliphatic carbocycles. The fourth-order valence-corrected chi connectivity index (χ4v) is 3.86. The minimum absolute atomic E-state index is 0.0720. The summed E-state index contributed by atoms with van der Waals surface area (Å²) >= 11 is 7.37. The minimum atomic E-state index is -0.636. The molecule has 2 heterocycles. The molecule has 1 unspecified atom stereocenters. The molecular weight excluding hydrogens is 360 g/mol. The van der Waals surface area contributed by atoms with Gasteiger partial charge in [-0.25, -0.2) is 9.79 Å². The fourth-order valence-electron chi connectivity index (χ4n) is 2.80. The van der Waals surface area contributed by atoms with Crippen LogP contribution in [-0.2, 0) is 14.3 Å². The molecule has 0 radical (unpaired) electrons. The maximum Gasteiger partial charge on any atom is 0.338 e. The van der Waals surface area contributed by atoms with Crippen molar-refractivity contribution in [3.05, 3.63) is 46.1 Å². The number of aliphatic imine (C=N–C) groups is 1. The van der Waals surface area contributed by atoms with Crippen molar-refractivity contribution in [1.82, 2.24) is 4.90 Å². The molecule has 1 saturated heterocycles. The molecule has 2 aliphatic heterocycles. The van der Waals surface area contributed by atoms with Crippen LogP contribution in [0.3, 0.4) is 0 Å². The molecule has 5 nitrogen and oxygen atoms in total. The Balaban J connectivity index is 2.11. The molecule has 2 aliphatic rings. The summed E-state index contributed by atoms with van der Waals surface area (Å²) < 4.78 is 5.57. The van der Waals surface area contributed by atoms with Crippen LogP contribution < -0.4 is 0 Å². The highest BCUT2D eigenvalue weighted by Gasteiger charge is 2.43. The number of allylic oxidation sites excluding steroid dienone is 1. The van der Waals surface area contributed by atoms with Crippen LogP contribution in [0, 0.1) is 0 Å². The molecule has 0 spiro atoms. The zero-order valence-corrected chi connectivity index (χ0v) is 16.1. The van der Waals surface area contributed by atoms with Crippen molar-refractivity contribution in [1.29, 1.82) is 0 Å². The zero-order valence-electron chi connectivity index (χ0n) is 14.5. The van der Waals surface area contributed by atoms with Gasteiger partial charge in [0.15, 0.2) is 5.17 Å². The van der Waals surface area contributed by atoms with Gasteiger partial charge < -0.3 is 4.74 Å². The molecule has 0 bridgehead atoms. The molecule has 0 saturated carbocycles. The summed E-state index contributed by atoms with van der Waals surface area (Å²) in [5, 5.41) is 1.21. The third kappa shape index (κ3) is 3.60. The lowest BCUT2D eigenvalue weighted by molar-refractivity contribution is -0.150. The van der Waals surface area contributed by atoms with Gasteiger partial charge in [0.1, 0.15) is 5.60 Å². The second kappa shape index (κ2) is 6.50. The Morgan fingerprint density at radius 2 is 1.96 bits per heavy atom. The van der Waals surface area contributed by atoms with Crippen molar-refractivity contribution in [3.8, 4) is 0 Å². The Hall–Kier alpha value is -1.79. The SMILES string of the molecule is CC1=C(C(=O)OC(C)(C)C)C(c2ccc(Cl)cc2)N2C(=O)CSC2=N1. The second-order valence-corrected chi connectivity index (χ2v) is 8.28. The summed E-state index contributed by atoms with van der Waals surface area (Å²) in [7, 11) is 0. The standard InChI is InChI=1S/C18H19ClN2O3S/c1-10-14(16(23)24-18(2,3)4)15(11-5-7-12(19)8-6-11)21-13(22)9-25-17(21)20-10/h5-8,15H,9H2,1-4H3. The van der Waals surface area contributed by atoms with Crippen LogP contribution in [0.1, 0.15) is 39.3 Å². The van der Waals surface area contributed by atoms with Gasteiger partial charge >= 0.3 is 5.97 Å². The average Bonchev–Trinajstić information content (AvgIpc) is 2.86. The number of carbonyl (C=O) groups is 2. The third-order valence-corrected chi connectivity index (χ3v) is 4.98. The highest BCUT2D eigenvalue weighted by molar-refractivity contribution is 8.15. The van der Waals surface area contributed by atoms with Gasteiger partial charge in [0, 0.05) is 5.02 Å². The molecule has 1 aromatic carbocycles. The molecule has 1 fully saturated rings. The van der Waals surface area contributed by atoms with Crippen LogP contribution in [0.5, 0.6) is 0 Å². The number of hydrogen-bond donors (Lipinski definition) is 0. The highest BCUT2D eigenvalue weighted by Crippen LogP contribution is 2.41. The Kier molecular flexibility index (Phi) is 4.68. The Bertz CT molecular complexity index is 794. The van der Waals surface area contributed by atoms with Crippen molar-refractivity contribution in [3.63, 3.8) is 0 Å². The lowest BCUT2D eigenvalue weighted by Gasteiger charge is -2.34. The first kappa shape index (κ1) is 18.0. The normalized spacial score (nSPS) is 20.5. The zero-order chi connectivity index (χ0) is 18.4. The van der Waals surface area contributed by atoms with E-state index < -0.39 is 17.6 Å². The van der Waals surface area contributed by atoms with Gasteiger partial charge in [-0.3, -0.25) is 9.69 Å². The first-order valence-corrected chi connectivity index (χ1v) is 9.27. The molecule has 1 amide bonds. The Morgan fingerprint density at radius 1 is 1.32 bits per heavy atom. The molecule has 1 aromatic rings. The molecule has 132 valence electrons. The van der Waals surface area contributed by atoms with Crippen LogP contribution in [0.15, 0.2) is 40.5 Å². The maximum absolute atomic E-state index is 12.8. The van der Waals surface area contributed by atoms with E-state index in [9.17, 15) is 9.59 Å². The summed E-state index contributed by atoms with van der Waals surface area (Å²) in [5.41, 5.74) is 1.12. The number of thioether (sulfide) groups is 1. The smallest absolute Gasteiger partial charge is 0.338 e. The molecule has 0 N–H and O–H groups in total. The van der Waals surface area contributed by atoms with E-state index in [0.717, 1.165) is 5.56 Å². The second-order valence-electron chi connectivity index (χ2n) is 6.90. The predicted octanol–water partition coefficient (Wildman–Crippen LogP) is 3.94. The van der Waals surface area contributed by atoms with Gasteiger partial charge in [-0.1, -0.05) is 35.5 Å². The van der Waals surface area contributed by atoms with E-state index in [1.807, 2.05) is 32.9 Å². The molecular formula is C18H19ClN2O3S. The number of benzene rings is 1. The molecule has 25 heavy (non-hydrogen) atoms. The summed E-state index contributed by atoms with van der Waals surface area (Å²) in [6.07, 6.45) is 0. The number of ether oxygens (including phenoxy) is 1. The van der Waals surface area contributed by atoms with Crippen LogP contribution >= 0.6 is 23.4 Å². The number of halogens is 1. The lowest BCUT2D eigenvalue weighted by atomic mass is 9.94. The van der Waals surface area contributed by atoms with Gasteiger partial charge in [-0.15, -0.1) is 0 Å². The van der Waals surface area contributed by atoms with Crippen molar-refractivity contribution in [2.24, 2.45) is 4.99 Å². The fraction of sp³-hybridized carbons (Fsp3) is 0.389. The third-order valence-electron chi connectivity index (χ3n) is 3.79. The number of rotatable bonds is 2. The van der Waals surface area contributed by atoms with Gasteiger partial charge in [0.05, 0.1) is 23.1 Å². The van der Waals surface area contributed by atoms with E-state index in [1.165, 1.54) is 11.8 Å². The Morgan fingerprint density at radius 3 is 2.56 bits per heavy atom. The van der Waals surface area contributed by atoms with E-state index in [-0.39, 0.29) is 5.91 Å². The average molecular weight is 379 g/mol.